The maximum Gasteiger partial charge on any atom is 0.323 e. The Bertz CT molecular complexity index is 348. The summed E-state index contributed by atoms with van der Waals surface area (Å²) in [5, 5.41) is 9.13. The lowest BCUT2D eigenvalue weighted by atomic mass is 10.0. The summed E-state index contributed by atoms with van der Waals surface area (Å²) in [5.41, 5.74) is 0. The lowest BCUT2D eigenvalue weighted by Gasteiger charge is -2.36. The molecular weight excluding hydrogens is 248 g/mol. The van der Waals surface area contributed by atoms with E-state index < -0.39 is 12.0 Å². The van der Waals surface area contributed by atoms with Gasteiger partial charge in [0.2, 0.25) is 5.91 Å². The zero-order chi connectivity index (χ0) is 13.8. The van der Waals surface area contributed by atoms with Gasteiger partial charge < -0.3 is 14.7 Å². The topological polar surface area (TPSA) is 70.1 Å². The number of rotatable bonds is 3. The molecule has 0 aromatic rings. The van der Waals surface area contributed by atoms with Gasteiger partial charge in [-0.3, -0.25) is 14.5 Å². The Morgan fingerprint density at radius 2 is 2.16 bits per heavy atom. The zero-order valence-electron chi connectivity index (χ0n) is 11.4. The van der Waals surface area contributed by atoms with Crippen molar-refractivity contribution in [3.63, 3.8) is 0 Å². The van der Waals surface area contributed by atoms with Crippen LogP contribution in [-0.4, -0.2) is 72.2 Å². The highest BCUT2D eigenvalue weighted by Gasteiger charge is 2.32. The molecule has 19 heavy (non-hydrogen) atoms. The highest BCUT2D eigenvalue weighted by Crippen LogP contribution is 2.16. The summed E-state index contributed by atoms with van der Waals surface area (Å²) in [5.74, 6) is -0.336. The summed E-state index contributed by atoms with van der Waals surface area (Å²) in [6.07, 6.45) is 2.21. The fourth-order valence-electron chi connectivity index (χ4n) is 2.74. The molecule has 108 valence electrons. The fourth-order valence-corrected chi connectivity index (χ4v) is 2.74. The summed E-state index contributed by atoms with van der Waals surface area (Å²) in [7, 11) is 0. The number of ether oxygens (including phenoxy) is 1. The molecule has 0 saturated carbocycles. The Morgan fingerprint density at radius 3 is 2.84 bits per heavy atom. The molecule has 2 fully saturated rings. The van der Waals surface area contributed by atoms with Crippen LogP contribution >= 0.6 is 0 Å². The molecule has 0 radical (unpaired) electrons. The monoisotopic (exact) mass is 270 g/mol. The maximum absolute atomic E-state index is 12.2. The molecule has 1 amide bonds. The minimum Gasteiger partial charge on any atom is -0.480 e. The second-order valence-corrected chi connectivity index (χ2v) is 5.49. The van der Waals surface area contributed by atoms with Crippen LogP contribution in [0.5, 0.6) is 0 Å². The number of hydrogen-bond acceptors (Lipinski definition) is 4. The number of nitrogens with zero attached hydrogens (tertiary/aromatic N) is 2. The minimum atomic E-state index is -0.917. The van der Waals surface area contributed by atoms with E-state index in [1.165, 1.54) is 6.42 Å². The van der Waals surface area contributed by atoms with Crippen molar-refractivity contribution in [3.8, 4) is 0 Å². The minimum absolute atomic E-state index is 0.0414. The van der Waals surface area contributed by atoms with Gasteiger partial charge >= 0.3 is 5.97 Å². The Labute approximate surface area is 113 Å². The van der Waals surface area contributed by atoms with Gasteiger partial charge in [0.1, 0.15) is 6.04 Å². The van der Waals surface area contributed by atoms with Crippen LogP contribution in [0.4, 0.5) is 0 Å². The van der Waals surface area contributed by atoms with Gasteiger partial charge in [-0.1, -0.05) is 6.92 Å². The molecule has 0 aromatic heterocycles. The van der Waals surface area contributed by atoms with Crippen LogP contribution in [-0.2, 0) is 14.3 Å². The quantitative estimate of drug-likeness (QED) is 0.783. The Hall–Kier alpha value is -1.14. The number of carbonyl (C=O) groups excluding carboxylic acids is 1. The molecule has 2 rings (SSSR count). The van der Waals surface area contributed by atoms with Crippen molar-refractivity contribution in [2.75, 3.05) is 39.4 Å². The van der Waals surface area contributed by atoms with Crippen molar-refractivity contribution >= 4 is 11.9 Å². The van der Waals surface area contributed by atoms with Gasteiger partial charge in [-0.15, -0.1) is 0 Å². The highest BCUT2D eigenvalue weighted by molar-refractivity contribution is 5.80. The van der Waals surface area contributed by atoms with Gasteiger partial charge in [-0.05, 0) is 18.8 Å². The Balaban J connectivity index is 1.91. The third kappa shape index (κ3) is 3.67. The summed E-state index contributed by atoms with van der Waals surface area (Å²) in [6, 6.07) is -0.695. The molecule has 2 atom stereocenters. The van der Waals surface area contributed by atoms with Gasteiger partial charge in [-0.2, -0.15) is 0 Å². The molecule has 2 aliphatic rings. The molecule has 2 unspecified atom stereocenters. The Morgan fingerprint density at radius 1 is 1.37 bits per heavy atom. The van der Waals surface area contributed by atoms with Gasteiger partial charge in [-0.25, -0.2) is 0 Å². The largest absolute Gasteiger partial charge is 0.480 e. The number of morpholine rings is 1. The SMILES string of the molecule is CC1CCCN(C(=O)CN2CCOCC2C(=O)O)C1. The van der Waals surface area contributed by atoms with E-state index >= 15 is 0 Å². The van der Waals surface area contributed by atoms with Crippen molar-refractivity contribution < 1.29 is 19.4 Å². The highest BCUT2D eigenvalue weighted by atomic mass is 16.5. The summed E-state index contributed by atoms with van der Waals surface area (Å²) in [6.45, 7) is 5.09. The first-order chi connectivity index (χ1) is 9.08. The number of carbonyl (C=O) groups is 2. The average Bonchev–Trinajstić information content (AvgIpc) is 2.39. The van der Waals surface area contributed by atoms with E-state index in [1.54, 1.807) is 4.90 Å². The van der Waals surface area contributed by atoms with E-state index in [0.29, 0.717) is 19.1 Å². The fraction of sp³-hybridized carbons (Fsp3) is 0.846. The third-order valence-electron chi connectivity index (χ3n) is 3.87. The van der Waals surface area contributed by atoms with Crippen LogP contribution in [0.3, 0.4) is 0 Å². The predicted molar refractivity (Wildman–Crippen MR) is 68.8 cm³/mol. The maximum atomic E-state index is 12.2. The van der Waals surface area contributed by atoms with E-state index in [1.807, 2.05) is 4.90 Å². The molecule has 2 saturated heterocycles. The second-order valence-electron chi connectivity index (χ2n) is 5.49. The van der Waals surface area contributed by atoms with Crippen LogP contribution in [0.2, 0.25) is 0 Å². The van der Waals surface area contributed by atoms with Crippen molar-refractivity contribution in [1.29, 1.82) is 0 Å². The van der Waals surface area contributed by atoms with Gasteiger partial charge in [0.25, 0.3) is 0 Å². The first-order valence-corrected chi connectivity index (χ1v) is 6.90. The van der Waals surface area contributed by atoms with E-state index in [9.17, 15) is 9.59 Å². The molecule has 0 aliphatic carbocycles. The number of piperidine rings is 1. The summed E-state index contributed by atoms with van der Waals surface area (Å²) < 4.78 is 5.17. The van der Waals surface area contributed by atoms with Crippen LogP contribution in [0.1, 0.15) is 19.8 Å². The van der Waals surface area contributed by atoms with Crippen molar-refractivity contribution in [3.05, 3.63) is 0 Å². The van der Waals surface area contributed by atoms with Crippen LogP contribution in [0, 0.1) is 5.92 Å². The molecule has 2 aliphatic heterocycles. The number of hydrogen-bond donors (Lipinski definition) is 1. The molecule has 0 bridgehead atoms. The van der Waals surface area contributed by atoms with E-state index in [2.05, 4.69) is 6.92 Å². The van der Waals surface area contributed by atoms with Crippen LogP contribution in [0.15, 0.2) is 0 Å². The standard InChI is InChI=1S/C13H22N2O4/c1-10-3-2-4-15(7-10)12(16)8-14-5-6-19-9-11(14)13(17)18/h10-11H,2-9H2,1H3,(H,17,18). The van der Waals surface area contributed by atoms with Crippen molar-refractivity contribution in [2.24, 2.45) is 5.92 Å². The van der Waals surface area contributed by atoms with Gasteiger partial charge in [0.15, 0.2) is 0 Å². The second kappa shape index (κ2) is 6.34. The average molecular weight is 270 g/mol. The van der Waals surface area contributed by atoms with Gasteiger partial charge in [0, 0.05) is 19.6 Å². The first kappa shape index (κ1) is 14.3. The van der Waals surface area contributed by atoms with E-state index in [4.69, 9.17) is 9.84 Å². The van der Waals surface area contributed by atoms with Crippen LogP contribution < -0.4 is 0 Å². The number of aliphatic carboxylic acids is 1. The summed E-state index contributed by atoms with van der Waals surface area (Å²) in [4.78, 5) is 26.9. The third-order valence-corrected chi connectivity index (χ3v) is 3.87. The number of amides is 1. The summed E-state index contributed by atoms with van der Waals surface area (Å²) >= 11 is 0. The van der Waals surface area contributed by atoms with E-state index in [0.717, 1.165) is 19.5 Å². The number of carboxylic acid groups (broad SMARTS) is 1. The molecule has 0 aromatic carbocycles. The lowest BCUT2D eigenvalue weighted by molar-refractivity contribution is -0.151. The van der Waals surface area contributed by atoms with Crippen LogP contribution in [0.25, 0.3) is 0 Å². The molecule has 2 heterocycles. The molecule has 6 heteroatoms. The van der Waals surface area contributed by atoms with E-state index in [-0.39, 0.29) is 19.1 Å². The Kier molecular flexibility index (Phi) is 4.76. The molecule has 1 N–H and O–H groups in total. The van der Waals surface area contributed by atoms with Gasteiger partial charge in [0.05, 0.1) is 19.8 Å². The van der Waals surface area contributed by atoms with Crippen molar-refractivity contribution in [2.45, 2.75) is 25.8 Å². The molecule has 0 spiro atoms. The van der Waals surface area contributed by atoms with Crippen molar-refractivity contribution in [1.82, 2.24) is 9.80 Å². The molecule has 6 nitrogen and oxygen atoms in total. The predicted octanol–water partition coefficient (Wildman–Crippen LogP) is 0.0303. The zero-order valence-corrected chi connectivity index (χ0v) is 11.4. The normalized spacial score (nSPS) is 29.2. The molecular formula is C13H22N2O4. The number of likely N-dealkylation sites (tertiary alicyclic amines) is 1. The number of carboxylic acids is 1. The first-order valence-electron chi connectivity index (χ1n) is 6.90. The smallest absolute Gasteiger partial charge is 0.323 e. The lowest BCUT2D eigenvalue weighted by Crippen LogP contribution is -2.54.